The molecule has 7 heteroatoms. The van der Waals surface area contributed by atoms with E-state index in [0.717, 1.165) is 41.7 Å². The number of carbonyl (C=O) groups excluding carboxylic acids is 1. The fourth-order valence-electron chi connectivity index (χ4n) is 3.28. The summed E-state index contributed by atoms with van der Waals surface area (Å²) in [6.07, 6.45) is 5.22. The molecular weight excluding hydrogens is 340 g/mol. The van der Waals surface area contributed by atoms with E-state index in [2.05, 4.69) is 19.9 Å². The van der Waals surface area contributed by atoms with E-state index < -0.39 is 0 Å². The van der Waals surface area contributed by atoms with E-state index >= 15 is 0 Å². The highest BCUT2D eigenvalue weighted by Crippen LogP contribution is 2.18. The zero-order valence-corrected chi connectivity index (χ0v) is 15.5. The molecular formula is C20H22N6O. The lowest BCUT2D eigenvalue weighted by molar-refractivity contribution is 0.0746. The van der Waals surface area contributed by atoms with Crippen LogP contribution >= 0.6 is 0 Å². The highest BCUT2D eigenvalue weighted by molar-refractivity contribution is 5.94. The molecule has 3 aromatic rings. The van der Waals surface area contributed by atoms with Crippen molar-refractivity contribution in [3.63, 3.8) is 0 Å². The van der Waals surface area contributed by atoms with Crippen LogP contribution in [-0.4, -0.2) is 56.5 Å². The van der Waals surface area contributed by atoms with Gasteiger partial charge in [0.15, 0.2) is 0 Å². The maximum absolute atomic E-state index is 12.7. The summed E-state index contributed by atoms with van der Waals surface area (Å²) < 4.78 is 1.93. The molecule has 0 unspecified atom stereocenters. The first-order valence-electron chi connectivity index (χ1n) is 9.05. The Hall–Kier alpha value is -3.22. The maximum atomic E-state index is 12.7. The van der Waals surface area contributed by atoms with Crippen LogP contribution in [0.15, 0.2) is 49.1 Å². The summed E-state index contributed by atoms with van der Waals surface area (Å²) in [5.41, 5.74) is 1.90. The fraction of sp³-hybridized carbons (Fsp3) is 0.300. The van der Waals surface area contributed by atoms with E-state index in [-0.39, 0.29) is 5.91 Å². The minimum absolute atomic E-state index is 0.0899. The van der Waals surface area contributed by atoms with Gasteiger partial charge in [0.05, 0.1) is 0 Å². The molecule has 0 atom stereocenters. The van der Waals surface area contributed by atoms with Gasteiger partial charge in [-0.1, -0.05) is 17.7 Å². The topological polar surface area (TPSA) is 67.2 Å². The number of benzene rings is 1. The van der Waals surface area contributed by atoms with Crippen LogP contribution in [0.5, 0.6) is 0 Å². The summed E-state index contributed by atoms with van der Waals surface area (Å²) >= 11 is 0. The molecule has 0 N–H and O–H groups in total. The molecule has 2 aromatic heterocycles. The average Bonchev–Trinajstić information content (AvgIpc) is 3.14. The first-order valence-corrected chi connectivity index (χ1v) is 9.05. The van der Waals surface area contributed by atoms with Crippen molar-refractivity contribution < 1.29 is 4.79 Å². The molecule has 0 spiro atoms. The molecule has 4 rings (SSSR count). The molecule has 1 aliphatic rings. The Kier molecular flexibility index (Phi) is 4.58. The van der Waals surface area contributed by atoms with Gasteiger partial charge in [-0.25, -0.2) is 15.0 Å². The van der Waals surface area contributed by atoms with Gasteiger partial charge in [0.2, 0.25) is 0 Å². The van der Waals surface area contributed by atoms with Gasteiger partial charge in [-0.3, -0.25) is 9.36 Å². The summed E-state index contributed by atoms with van der Waals surface area (Å²) in [4.78, 5) is 29.8. The van der Waals surface area contributed by atoms with Gasteiger partial charge in [0.1, 0.15) is 23.8 Å². The largest absolute Gasteiger partial charge is 0.353 e. The monoisotopic (exact) mass is 362 g/mol. The van der Waals surface area contributed by atoms with Crippen LogP contribution in [0, 0.1) is 13.8 Å². The molecule has 7 nitrogen and oxygen atoms in total. The molecule has 1 fully saturated rings. The molecule has 1 amide bonds. The minimum atomic E-state index is 0.0899. The van der Waals surface area contributed by atoms with Gasteiger partial charge in [0, 0.05) is 50.2 Å². The molecule has 1 aliphatic heterocycles. The third-order valence-electron chi connectivity index (χ3n) is 4.90. The van der Waals surface area contributed by atoms with Crippen molar-refractivity contribution in [2.75, 3.05) is 31.1 Å². The normalized spacial score (nSPS) is 14.4. The number of aryl methyl sites for hydroxylation is 2. The predicted octanol–water partition coefficient (Wildman–Crippen LogP) is 2.24. The third kappa shape index (κ3) is 3.53. The second kappa shape index (κ2) is 7.19. The molecule has 138 valence electrons. The van der Waals surface area contributed by atoms with Crippen LogP contribution in [0.3, 0.4) is 0 Å². The van der Waals surface area contributed by atoms with Crippen LogP contribution in [0.2, 0.25) is 0 Å². The zero-order valence-electron chi connectivity index (χ0n) is 15.5. The lowest BCUT2D eigenvalue weighted by Crippen LogP contribution is -2.49. The molecule has 0 radical (unpaired) electrons. The molecule has 0 bridgehead atoms. The fourth-order valence-corrected chi connectivity index (χ4v) is 3.28. The number of nitrogens with zero attached hydrogens (tertiary/aromatic N) is 6. The first kappa shape index (κ1) is 17.2. The average molecular weight is 362 g/mol. The molecule has 0 saturated carbocycles. The van der Waals surface area contributed by atoms with Gasteiger partial charge in [0.25, 0.3) is 5.91 Å². The van der Waals surface area contributed by atoms with Crippen molar-refractivity contribution in [2.45, 2.75) is 13.8 Å². The van der Waals surface area contributed by atoms with Gasteiger partial charge in [-0.15, -0.1) is 0 Å². The number of hydrogen-bond donors (Lipinski definition) is 0. The van der Waals surface area contributed by atoms with Crippen molar-refractivity contribution in [1.29, 1.82) is 0 Å². The van der Waals surface area contributed by atoms with Gasteiger partial charge < -0.3 is 9.80 Å². The number of amides is 1. The van der Waals surface area contributed by atoms with E-state index in [9.17, 15) is 4.79 Å². The predicted molar refractivity (Wildman–Crippen MR) is 103 cm³/mol. The molecule has 3 heterocycles. The Morgan fingerprint density at radius 1 is 0.926 bits per heavy atom. The van der Waals surface area contributed by atoms with Crippen molar-refractivity contribution in [1.82, 2.24) is 24.4 Å². The Labute approximate surface area is 158 Å². The zero-order chi connectivity index (χ0) is 18.8. The Balaban J connectivity index is 1.44. The van der Waals surface area contributed by atoms with Crippen LogP contribution in [0.4, 0.5) is 5.82 Å². The maximum Gasteiger partial charge on any atom is 0.253 e. The second-order valence-corrected chi connectivity index (χ2v) is 6.72. The van der Waals surface area contributed by atoms with E-state index in [1.54, 1.807) is 12.5 Å². The summed E-state index contributed by atoms with van der Waals surface area (Å²) in [6, 6.07) is 9.71. The van der Waals surface area contributed by atoms with E-state index in [4.69, 9.17) is 0 Å². The van der Waals surface area contributed by atoms with E-state index in [0.29, 0.717) is 13.1 Å². The summed E-state index contributed by atoms with van der Waals surface area (Å²) in [6.45, 7) is 6.81. The molecule has 1 aromatic carbocycles. The summed E-state index contributed by atoms with van der Waals surface area (Å²) in [5.74, 6) is 2.64. The lowest BCUT2D eigenvalue weighted by Gasteiger charge is -2.35. The van der Waals surface area contributed by atoms with Crippen molar-refractivity contribution >= 4 is 11.7 Å². The number of rotatable bonds is 3. The third-order valence-corrected chi connectivity index (χ3v) is 4.90. The van der Waals surface area contributed by atoms with Crippen LogP contribution < -0.4 is 4.90 Å². The molecule has 1 saturated heterocycles. The van der Waals surface area contributed by atoms with E-state index in [1.807, 2.05) is 59.8 Å². The highest BCUT2D eigenvalue weighted by atomic mass is 16.2. The SMILES string of the molecule is Cc1ccc(C(=O)N2CCN(c3cc(-n4ccnc4C)ncn3)CC2)cc1. The van der Waals surface area contributed by atoms with Crippen LogP contribution in [-0.2, 0) is 0 Å². The van der Waals surface area contributed by atoms with Crippen molar-refractivity contribution in [3.8, 4) is 5.82 Å². The first-order chi connectivity index (χ1) is 13.1. The Morgan fingerprint density at radius 3 is 2.30 bits per heavy atom. The van der Waals surface area contributed by atoms with Crippen molar-refractivity contribution in [3.05, 3.63) is 66.0 Å². The number of hydrogen-bond acceptors (Lipinski definition) is 5. The minimum Gasteiger partial charge on any atom is -0.353 e. The highest BCUT2D eigenvalue weighted by Gasteiger charge is 2.23. The van der Waals surface area contributed by atoms with Gasteiger partial charge in [-0.05, 0) is 26.0 Å². The summed E-state index contributed by atoms with van der Waals surface area (Å²) in [5, 5.41) is 0. The quantitative estimate of drug-likeness (QED) is 0.715. The Bertz CT molecular complexity index is 941. The number of imidazole rings is 1. The standard InChI is InChI=1S/C20H22N6O/c1-15-3-5-17(6-4-15)20(27)25-11-9-24(10-12-25)18-13-19(23-14-22-18)26-8-7-21-16(26)2/h3-8,13-14H,9-12H2,1-2H3. The second-order valence-electron chi connectivity index (χ2n) is 6.72. The number of carbonyl (C=O) groups is 1. The lowest BCUT2D eigenvalue weighted by atomic mass is 10.1. The smallest absolute Gasteiger partial charge is 0.253 e. The van der Waals surface area contributed by atoms with Crippen LogP contribution in [0.25, 0.3) is 5.82 Å². The van der Waals surface area contributed by atoms with Gasteiger partial charge >= 0.3 is 0 Å². The molecule has 0 aliphatic carbocycles. The van der Waals surface area contributed by atoms with Crippen molar-refractivity contribution in [2.24, 2.45) is 0 Å². The Morgan fingerprint density at radius 2 is 1.63 bits per heavy atom. The van der Waals surface area contributed by atoms with Crippen LogP contribution in [0.1, 0.15) is 21.7 Å². The number of anilines is 1. The van der Waals surface area contributed by atoms with Gasteiger partial charge in [-0.2, -0.15) is 0 Å². The number of piperazine rings is 1. The summed E-state index contributed by atoms with van der Waals surface area (Å²) in [7, 11) is 0. The molecule has 27 heavy (non-hydrogen) atoms. The number of aromatic nitrogens is 4. The van der Waals surface area contributed by atoms with E-state index in [1.165, 1.54) is 0 Å².